The first-order valence-corrected chi connectivity index (χ1v) is 5.09. The number of aromatic nitrogens is 1. The van der Waals surface area contributed by atoms with Gasteiger partial charge in [0.25, 0.3) is 0 Å². The van der Waals surface area contributed by atoms with Crippen molar-refractivity contribution in [2.45, 2.75) is 0 Å². The zero-order valence-electron chi connectivity index (χ0n) is 8.52. The maximum atomic E-state index is 13.5. The lowest BCUT2D eigenvalue weighted by atomic mass is 10.0. The molecule has 0 saturated carbocycles. The summed E-state index contributed by atoms with van der Waals surface area (Å²) in [7, 11) is 0. The van der Waals surface area contributed by atoms with Crippen LogP contribution in [0.4, 0.5) is 4.39 Å². The predicted molar refractivity (Wildman–Crippen MR) is 61.6 cm³/mol. The van der Waals surface area contributed by atoms with Gasteiger partial charge in [0.15, 0.2) is 0 Å². The fourth-order valence-electron chi connectivity index (χ4n) is 1.48. The molecule has 0 aliphatic rings. The normalized spacial score (nSPS) is 10.2. The Balaban J connectivity index is 2.60. The molecule has 0 saturated heterocycles. The third-order valence-electron chi connectivity index (χ3n) is 2.23. The van der Waals surface area contributed by atoms with Crippen molar-refractivity contribution in [2.24, 2.45) is 0 Å². The Morgan fingerprint density at radius 2 is 2.12 bits per heavy atom. The van der Waals surface area contributed by atoms with E-state index in [0.29, 0.717) is 5.56 Å². The van der Waals surface area contributed by atoms with Crippen LogP contribution in [0.25, 0.3) is 11.1 Å². The topological polar surface area (TPSA) is 50.2 Å². The van der Waals surface area contributed by atoms with Crippen LogP contribution in [0, 0.1) is 5.82 Å². The van der Waals surface area contributed by atoms with Gasteiger partial charge in [0.2, 0.25) is 0 Å². The average Bonchev–Trinajstić information content (AvgIpc) is 2.28. The Labute approximate surface area is 101 Å². The number of carbonyl (C=O) groups is 1. The summed E-state index contributed by atoms with van der Waals surface area (Å²) >= 11 is 5.79. The zero-order valence-corrected chi connectivity index (χ0v) is 9.28. The van der Waals surface area contributed by atoms with Crippen molar-refractivity contribution in [1.82, 2.24) is 4.98 Å². The minimum atomic E-state index is -1.11. The minimum absolute atomic E-state index is 0.0173. The number of carboxylic acids is 1. The Hall–Kier alpha value is -1.94. The van der Waals surface area contributed by atoms with Crippen LogP contribution in [-0.4, -0.2) is 16.1 Å². The smallest absolute Gasteiger partial charge is 0.335 e. The molecule has 0 fully saturated rings. The summed E-state index contributed by atoms with van der Waals surface area (Å²) in [6.45, 7) is 0. The third kappa shape index (κ3) is 2.42. The van der Waals surface area contributed by atoms with E-state index in [9.17, 15) is 9.18 Å². The van der Waals surface area contributed by atoms with Gasteiger partial charge in [-0.15, -0.1) is 0 Å². The first-order valence-electron chi connectivity index (χ1n) is 4.71. The number of rotatable bonds is 2. The van der Waals surface area contributed by atoms with Gasteiger partial charge in [0.05, 0.1) is 11.8 Å². The average molecular weight is 252 g/mol. The van der Waals surface area contributed by atoms with E-state index in [-0.39, 0.29) is 16.1 Å². The summed E-state index contributed by atoms with van der Waals surface area (Å²) in [6, 6.07) is 5.65. The molecule has 0 amide bonds. The standard InChI is InChI=1S/C12H7ClFNO2/c13-9-4-7(3-8(5-9)12(16)17)10-1-2-15-6-11(10)14/h1-6H,(H,16,17). The van der Waals surface area contributed by atoms with Gasteiger partial charge in [-0.25, -0.2) is 9.18 Å². The number of pyridine rings is 1. The Morgan fingerprint density at radius 3 is 2.76 bits per heavy atom. The van der Waals surface area contributed by atoms with Crippen LogP contribution in [0.2, 0.25) is 5.02 Å². The summed E-state index contributed by atoms with van der Waals surface area (Å²) in [5.41, 5.74) is 0.698. The van der Waals surface area contributed by atoms with E-state index in [1.165, 1.54) is 30.5 Å². The lowest BCUT2D eigenvalue weighted by Gasteiger charge is -2.05. The van der Waals surface area contributed by atoms with Crippen molar-refractivity contribution in [2.75, 3.05) is 0 Å². The van der Waals surface area contributed by atoms with Gasteiger partial charge in [-0.2, -0.15) is 0 Å². The molecule has 5 heteroatoms. The molecule has 1 aromatic carbocycles. The highest BCUT2D eigenvalue weighted by Crippen LogP contribution is 2.26. The van der Waals surface area contributed by atoms with Crippen molar-refractivity contribution in [1.29, 1.82) is 0 Å². The maximum Gasteiger partial charge on any atom is 0.335 e. The van der Waals surface area contributed by atoms with Gasteiger partial charge >= 0.3 is 5.97 Å². The molecule has 3 nitrogen and oxygen atoms in total. The van der Waals surface area contributed by atoms with E-state index in [4.69, 9.17) is 16.7 Å². The van der Waals surface area contributed by atoms with Crippen LogP contribution < -0.4 is 0 Å². The third-order valence-corrected chi connectivity index (χ3v) is 2.45. The number of halogens is 2. The molecule has 17 heavy (non-hydrogen) atoms. The summed E-state index contributed by atoms with van der Waals surface area (Å²) in [5, 5.41) is 9.13. The Morgan fingerprint density at radius 1 is 1.35 bits per heavy atom. The Bertz CT molecular complexity index is 586. The molecule has 1 heterocycles. The second-order valence-electron chi connectivity index (χ2n) is 3.39. The SMILES string of the molecule is O=C(O)c1cc(Cl)cc(-c2ccncc2F)c1. The second-order valence-corrected chi connectivity index (χ2v) is 3.83. The fourth-order valence-corrected chi connectivity index (χ4v) is 1.71. The molecular formula is C12H7ClFNO2. The van der Waals surface area contributed by atoms with Gasteiger partial charge in [-0.3, -0.25) is 4.98 Å². The van der Waals surface area contributed by atoms with E-state index in [1.54, 1.807) is 0 Å². The Kier molecular flexibility index (Phi) is 3.06. The molecule has 0 spiro atoms. The maximum absolute atomic E-state index is 13.5. The van der Waals surface area contributed by atoms with Crippen molar-refractivity contribution in [3.63, 3.8) is 0 Å². The first kappa shape index (κ1) is 11.5. The minimum Gasteiger partial charge on any atom is -0.478 e. The van der Waals surface area contributed by atoms with Crippen molar-refractivity contribution >= 4 is 17.6 Å². The van der Waals surface area contributed by atoms with E-state index in [0.717, 1.165) is 6.20 Å². The number of hydrogen-bond acceptors (Lipinski definition) is 2. The van der Waals surface area contributed by atoms with E-state index in [1.807, 2.05) is 0 Å². The van der Waals surface area contributed by atoms with Gasteiger partial charge in [-0.05, 0) is 29.8 Å². The number of nitrogens with zero attached hydrogens (tertiary/aromatic N) is 1. The molecular weight excluding hydrogens is 245 g/mol. The van der Waals surface area contributed by atoms with E-state index in [2.05, 4.69) is 4.98 Å². The first-order chi connectivity index (χ1) is 8.08. The molecule has 86 valence electrons. The van der Waals surface area contributed by atoms with Crippen LogP contribution in [-0.2, 0) is 0 Å². The van der Waals surface area contributed by atoms with Crippen LogP contribution in [0.3, 0.4) is 0 Å². The molecule has 2 aromatic rings. The van der Waals surface area contributed by atoms with Gasteiger partial charge in [-0.1, -0.05) is 11.6 Å². The van der Waals surface area contributed by atoms with Gasteiger partial charge in [0, 0.05) is 16.8 Å². The highest BCUT2D eigenvalue weighted by atomic mass is 35.5. The van der Waals surface area contributed by atoms with Crippen LogP contribution in [0.1, 0.15) is 10.4 Å². The zero-order chi connectivity index (χ0) is 12.4. The molecule has 1 aromatic heterocycles. The summed E-state index contributed by atoms with van der Waals surface area (Å²) in [5.74, 6) is -1.63. The highest BCUT2D eigenvalue weighted by Gasteiger charge is 2.10. The molecule has 0 bridgehead atoms. The van der Waals surface area contributed by atoms with E-state index >= 15 is 0 Å². The molecule has 2 rings (SSSR count). The number of aromatic carboxylic acids is 1. The van der Waals surface area contributed by atoms with Crippen molar-refractivity contribution < 1.29 is 14.3 Å². The van der Waals surface area contributed by atoms with Crippen molar-refractivity contribution in [3.05, 3.63) is 53.1 Å². The lowest BCUT2D eigenvalue weighted by molar-refractivity contribution is 0.0697. The van der Waals surface area contributed by atoms with Gasteiger partial charge in [0.1, 0.15) is 5.82 Å². The number of carboxylic acid groups (broad SMARTS) is 1. The predicted octanol–water partition coefficient (Wildman–Crippen LogP) is 3.24. The summed E-state index contributed by atoms with van der Waals surface area (Å²) < 4.78 is 13.5. The lowest BCUT2D eigenvalue weighted by Crippen LogP contribution is -1.97. The summed E-state index contributed by atoms with van der Waals surface area (Å²) in [4.78, 5) is 14.5. The van der Waals surface area contributed by atoms with Crippen molar-refractivity contribution in [3.8, 4) is 11.1 Å². The molecule has 0 unspecified atom stereocenters. The molecule has 0 aliphatic carbocycles. The number of hydrogen-bond donors (Lipinski definition) is 1. The van der Waals surface area contributed by atoms with Crippen LogP contribution in [0.15, 0.2) is 36.7 Å². The van der Waals surface area contributed by atoms with Gasteiger partial charge < -0.3 is 5.11 Å². The summed E-state index contributed by atoms with van der Waals surface area (Å²) in [6.07, 6.45) is 2.50. The molecule has 0 radical (unpaired) electrons. The second kappa shape index (κ2) is 4.51. The van der Waals surface area contributed by atoms with Crippen LogP contribution in [0.5, 0.6) is 0 Å². The van der Waals surface area contributed by atoms with E-state index < -0.39 is 11.8 Å². The fraction of sp³-hybridized carbons (Fsp3) is 0. The van der Waals surface area contributed by atoms with Crippen LogP contribution >= 0.6 is 11.6 Å². The molecule has 0 atom stereocenters. The number of benzene rings is 1. The monoisotopic (exact) mass is 251 g/mol. The largest absolute Gasteiger partial charge is 0.478 e. The molecule has 1 N–H and O–H groups in total. The molecule has 0 aliphatic heterocycles. The highest BCUT2D eigenvalue weighted by molar-refractivity contribution is 6.31. The quantitative estimate of drug-likeness (QED) is 0.891.